The fraction of sp³-hybridized carbons (Fsp3) is 0.350. The topological polar surface area (TPSA) is 47.6 Å². The van der Waals surface area contributed by atoms with Crippen LogP contribution < -0.4 is 15.6 Å². The molecule has 0 radical (unpaired) electrons. The molecule has 1 saturated heterocycles. The molecular formula is C20H26N4O. The van der Waals surface area contributed by atoms with E-state index in [1.807, 2.05) is 25.1 Å². The van der Waals surface area contributed by atoms with E-state index in [-0.39, 0.29) is 0 Å². The number of carbonyl (C=O) groups excluding carboxylic acids is 1. The van der Waals surface area contributed by atoms with Crippen LogP contribution in [0, 0.1) is 6.92 Å². The van der Waals surface area contributed by atoms with Gasteiger partial charge in [-0.1, -0.05) is 6.07 Å². The van der Waals surface area contributed by atoms with Crippen LogP contribution in [0.15, 0.2) is 42.5 Å². The van der Waals surface area contributed by atoms with Gasteiger partial charge < -0.3 is 10.2 Å². The van der Waals surface area contributed by atoms with Crippen LogP contribution in [0.25, 0.3) is 0 Å². The zero-order valence-corrected chi connectivity index (χ0v) is 15.0. The Morgan fingerprint density at radius 3 is 2.36 bits per heavy atom. The van der Waals surface area contributed by atoms with Gasteiger partial charge in [-0.15, -0.1) is 0 Å². The first-order valence-electron chi connectivity index (χ1n) is 8.83. The Labute approximate surface area is 149 Å². The van der Waals surface area contributed by atoms with Crippen molar-refractivity contribution in [3.8, 4) is 0 Å². The van der Waals surface area contributed by atoms with Crippen LogP contribution in [-0.4, -0.2) is 31.6 Å². The van der Waals surface area contributed by atoms with Gasteiger partial charge in [0.15, 0.2) is 0 Å². The van der Waals surface area contributed by atoms with E-state index in [0.29, 0.717) is 0 Å². The second-order valence-corrected chi connectivity index (χ2v) is 6.58. The van der Waals surface area contributed by atoms with Crippen molar-refractivity contribution in [2.24, 2.45) is 0 Å². The zero-order valence-electron chi connectivity index (χ0n) is 15.0. The van der Waals surface area contributed by atoms with E-state index in [1.165, 1.54) is 30.0 Å². The molecule has 5 heteroatoms. The summed E-state index contributed by atoms with van der Waals surface area (Å²) in [4.78, 5) is 13.3. The molecule has 1 aliphatic heterocycles. The van der Waals surface area contributed by atoms with Crippen LogP contribution in [0.4, 0.5) is 22.7 Å². The van der Waals surface area contributed by atoms with Crippen molar-refractivity contribution >= 4 is 29.2 Å². The number of aryl methyl sites for hydroxylation is 1. The lowest BCUT2D eigenvalue weighted by Crippen LogP contribution is -2.29. The molecule has 0 atom stereocenters. The third-order valence-corrected chi connectivity index (χ3v) is 4.57. The minimum absolute atomic E-state index is 0.749. The molecule has 2 aromatic rings. The number of rotatable bonds is 6. The van der Waals surface area contributed by atoms with Crippen LogP contribution in [0.3, 0.4) is 0 Å². The number of amides is 1. The van der Waals surface area contributed by atoms with Crippen molar-refractivity contribution in [3.63, 3.8) is 0 Å². The van der Waals surface area contributed by atoms with Crippen LogP contribution in [0.1, 0.15) is 24.8 Å². The third kappa shape index (κ3) is 4.44. The Kier molecular flexibility index (Phi) is 5.43. The highest BCUT2D eigenvalue weighted by molar-refractivity contribution is 5.68. The maximum absolute atomic E-state index is 10.8. The smallest absolute Gasteiger partial charge is 0.227 e. The highest BCUT2D eigenvalue weighted by atomic mass is 16.1. The average Bonchev–Trinajstić information content (AvgIpc) is 2.65. The molecule has 25 heavy (non-hydrogen) atoms. The van der Waals surface area contributed by atoms with E-state index < -0.39 is 0 Å². The van der Waals surface area contributed by atoms with Crippen LogP contribution in [0.5, 0.6) is 0 Å². The van der Waals surface area contributed by atoms with Gasteiger partial charge in [0, 0.05) is 37.2 Å². The second-order valence-electron chi connectivity index (χ2n) is 6.58. The lowest BCUT2D eigenvalue weighted by Gasteiger charge is -2.28. The van der Waals surface area contributed by atoms with Gasteiger partial charge >= 0.3 is 0 Å². The summed E-state index contributed by atoms with van der Waals surface area (Å²) in [5.74, 6) is 0. The van der Waals surface area contributed by atoms with Gasteiger partial charge in [-0.05, 0) is 68.1 Å². The summed E-state index contributed by atoms with van der Waals surface area (Å²) >= 11 is 0. The number of hydrazine groups is 1. The molecule has 0 aromatic heterocycles. The molecule has 1 heterocycles. The fourth-order valence-electron chi connectivity index (χ4n) is 3.11. The number of nitrogens with zero attached hydrogens (tertiary/aromatic N) is 2. The predicted octanol–water partition coefficient (Wildman–Crippen LogP) is 4.14. The number of carbonyl (C=O) groups is 1. The maximum Gasteiger partial charge on any atom is 0.227 e. The highest BCUT2D eigenvalue weighted by Gasteiger charge is 2.10. The summed E-state index contributed by atoms with van der Waals surface area (Å²) in [5, 5.41) is 4.83. The monoisotopic (exact) mass is 338 g/mol. The number of hydrogen-bond acceptors (Lipinski definition) is 4. The van der Waals surface area contributed by atoms with Crippen molar-refractivity contribution in [2.75, 3.05) is 35.8 Å². The molecule has 1 fully saturated rings. The van der Waals surface area contributed by atoms with E-state index in [1.54, 1.807) is 7.05 Å². The van der Waals surface area contributed by atoms with Crippen molar-refractivity contribution in [1.82, 2.24) is 5.01 Å². The molecule has 3 rings (SSSR count). The Morgan fingerprint density at radius 1 is 1.00 bits per heavy atom. The molecule has 0 bridgehead atoms. The first kappa shape index (κ1) is 17.1. The van der Waals surface area contributed by atoms with E-state index in [9.17, 15) is 4.79 Å². The number of benzene rings is 2. The summed E-state index contributed by atoms with van der Waals surface area (Å²) in [6, 6.07) is 14.7. The first-order valence-corrected chi connectivity index (χ1v) is 8.83. The molecule has 2 N–H and O–H groups in total. The van der Waals surface area contributed by atoms with E-state index in [2.05, 4.69) is 39.9 Å². The quantitative estimate of drug-likeness (QED) is 0.614. The Bertz CT molecular complexity index is 708. The standard InChI is InChI=1S/C20H26N4O/c1-16-6-7-18(14-20(16)22-23(2)15-25)21-17-8-10-19(11-9-17)24-12-4-3-5-13-24/h6-11,14-15,21-22H,3-5,12-13H2,1-2H3. The van der Waals surface area contributed by atoms with Crippen molar-refractivity contribution in [1.29, 1.82) is 0 Å². The van der Waals surface area contributed by atoms with Gasteiger partial charge in [-0.3, -0.25) is 15.2 Å². The molecule has 5 nitrogen and oxygen atoms in total. The SMILES string of the molecule is Cc1ccc(Nc2ccc(N3CCCCC3)cc2)cc1NN(C)C=O. The Hall–Kier alpha value is -2.69. The lowest BCUT2D eigenvalue weighted by molar-refractivity contribution is -0.115. The molecule has 132 valence electrons. The summed E-state index contributed by atoms with van der Waals surface area (Å²) in [5.41, 5.74) is 8.38. The van der Waals surface area contributed by atoms with Crippen LogP contribution in [0.2, 0.25) is 0 Å². The van der Waals surface area contributed by atoms with E-state index in [4.69, 9.17) is 0 Å². The molecule has 2 aromatic carbocycles. The number of hydrogen-bond donors (Lipinski definition) is 2. The first-order chi connectivity index (χ1) is 12.2. The molecule has 0 aliphatic carbocycles. The number of anilines is 4. The van der Waals surface area contributed by atoms with Gasteiger partial charge in [0.2, 0.25) is 6.41 Å². The summed E-state index contributed by atoms with van der Waals surface area (Å²) in [6.07, 6.45) is 4.67. The second kappa shape index (κ2) is 7.92. The number of piperidine rings is 1. The van der Waals surface area contributed by atoms with Crippen LogP contribution >= 0.6 is 0 Å². The molecule has 0 spiro atoms. The third-order valence-electron chi connectivity index (χ3n) is 4.57. The lowest BCUT2D eigenvalue weighted by atomic mass is 10.1. The van der Waals surface area contributed by atoms with Crippen molar-refractivity contribution < 1.29 is 4.79 Å². The normalized spacial score (nSPS) is 14.1. The van der Waals surface area contributed by atoms with E-state index in [0.717, 1.165) is 42.1 Å². The molecule has 0 saturated carbocycles. The molecule has 1 amide bonds. The summed E-state index contributed by atoms with van der Waals surface area (Å²) in [7, 11) is 1.69. The van der Waals surface area contributed by atoms with Crippen LogP contribution in [-0.2, 0) is 4.79 Å². The molecular weight excluding hydrogens is 312 g/mol. The van der Waals surface area contributed by atoms with Crippen molar-refractivity contribution in [3.05, 3.63) is 48.0 Å². The zero-order chi connectivity index (χ0) is 17.6. The number of nitrogens with one attached hydrogen (secondary N) is 2. The Morgan fingerprint density at radius 2 is 1.68 bits per heavy atom. The Balaban J connectivity index is 1.69. The van der Waals surface area contributed by atoms with Gasteiger partial charge in [-0.25, -0.2) is 0 Å². The minimum Gasteiger partial charge on any atom is -0.372 e. The fourth-order valence-corrected chi connectivity index (χ4v) is 3.11. The van der Waals surface area contributed by atoms with Gasteiger partial charge in [0.25, 0.3) is 0 Å². The molecule has 0 unspecified atom stereocenters. The largest absolute Gasteiger partial charge is 0.372 e. The highest BCUT2D eigenvalue weighted by Crippen LogP contribution is 2.26. The predicted molar refractivity (Wildman–Crippen MR) is 104 cm³/mol. The van der Waals surface area contributed by atoms with Crippen molar-refractivity contribution in [2.45, 2.75) is 26.2 Å². The average molecular weight is 338 g/mol. The van der Waals surface area contributed by atoms with Gasteiger partial charge in [-0.2, -0.15) is 0 Å². The summed E-state index contributed by atoms with van der Waals surface area (Å²) < 4.78 is 0. The van der Waals surface area contributed by atoms with Gasteiger partial charge in [0.05, 0.1) is 5.69 Å². The van der Waals surface area contributed by atoms with Gasteiger partial charge in [0.1, 0.15) is 0 Å². The minimum atomic E-state index is 0.749. The summed E-state index contributed by atoms with van der Waals surface area (Å²) in [6.45, 7) is 4.33. The maximum atomic E-state index is 10.8. The molecule has 1 aliphatic rings. The van der Waals surface area contributed by atoms with E-state index >= 15 is 0 Å².